The number of rotatable bonds is 9. The molecule has 2 amide bonds. The van der Waals surface area contributed by atoms with Crippen molar-refractivity contribution in [2.24, 2.45) is 0 Å². The first-order valence-corrected chi connectivity index (χ1v) is 9.41. The summed E-state index contributed by atoms with van der Waals surface area (Å²) in [5.41, 5.74) is 1.06. The van der Waals surface area contributed by atoms with Gasteiger partial charge in [-0.05, 0) is 47.1 Å². The van der Waals surface area contributed by atoms with Crippen LogP contribution in [0.25, 0.3) is 0 Å². The lowest BCUT2D eigenvalue weighted by Crippen LogP contribution is -2.35. The third-order valence-electron chi connectivity index (χ3n) is 3.68. The van der Waals surface area contributed by atoms with E-state index in [1.165, 1.54) is 4.90 Å². The zero-order valence-electron chi connectivity index (χ0n) is 15.4. The average Bonchev–Trinajstić information content (AvgIpc) is 2.66. The van der Waals surface area contributed by atoms with Gasteiger partial charge in [-0.15, -0.1) is 0 Å². The number of ether oxygens (including phenoxy) is 2. The van der Waals surface area contributed by atoms with Crippen molar-refractivity contribution in [2.75, 3.05) is 38.7 Å². The Morgan fingerprint density at radius 2 is 1.78 bits per heavy atom. The van der Waals surface area contributed by atoms with Crippen LogP contribution in [0, 0.1) is 0 Å². The van der Waals surface area contributed by atoms with Crippen molar-refractivity contribution in [3.8, 4) is 5.75 Å². The number of likely N-dealkylation sites (N-methyl/N-ethyl adjacent to an activating group) is 1. The van der Waals surface area contributed by atoms with Crippen molar-refractivity contribution in [1.82, 2.24) is 4.90 Å². The predicted octanol–water partition coefficient (Wildman–Crippen LogP) is 3.58. The molecule has 0 saturated heterocycles. The maximum atomic E-state index is 12.7. The fraction of sp³-hybridized carbons (Fsp3) is 0.300. The van der Waals surface area contributed by atoms with E-state index in [1.54, 1.807) is 37.4 Å². The van der Waals surface area contributed by atoms with Gasteiger partial charge < -0.3 is 19.7 Å². The summed E-state index contributed by atoms with van der Waals surface area (Å²) in [6, 6.07) is 14.3. The van der Waals surface area contributed by atoms with E-state index < -0.39 is 0 Å². The second-order valence-electron chi connectivity index (χ2n) is 5.73. The van der Waals surface area contributed by atoms with Crippen LogP contribution < -0.4 is 10.1 Å². The molecule has 0 radical (unpaired) electrons. The number of hydrogen-bond donors (Lipinski definition) is 1. The van der Waals surface area contributed by atoms with Gasteiger partial charge in [0.2, 0.25) is 5.91 Å². The number of carbonyl (C=O) groups is 2. The maximum Gasteiger partial charge on any atom is 0.257 e. The molecule has 144 valence electrons. The molecule has 27 heavy (non-hydrogen) atoms. The molecule has 0 fully saturated rings. The Hall–Kier alpha value is -2.38. The molecule has 0 aromatic heterocycles. The molecule has 2 aromatic rings. The van der Waals surface area contributed by atoms with Crippen molar-refractivity contribution >= 4 is 33.4 Å². The molecule has 0 aliphatic carbocycles. The summed E-state index contributed by atoms with van der Waals surface area (Å²) in [5, 5.41) is 2.78. The Labute approximate surface area is 167 Å². The van der Waals surface area contributed by atoms with Crippen molar-refractivity contribution in [3.05, 3.63) is 58.6 Å². The first-order chi connectivity index (χ1) is 13.0. The number of para-hydroxylation sites is 2. The van der Waals surface area contributed by atoms with E-state index in [-0.39, 0.29) is 18.4 Å². The van der Waals surface area contributed by atoms with E-state index in [0.717, 1.165) is 4.47 Å². The van der Waals surface area contributed by atoms with Crippen LogP contribution in [0.15, 0.2) is 53.0 Å². The standard InChI is InChI=1S/C20H23BrN2O4/c1-3-26-12-13-27-18-11-7-4-8-15(18)20(25)23(2)14-19(24)22-17-10-6-5-9-16(17)21/h4-11H,3,12-14H2,1-2H3,(H,22,24). The highest BCUT2D eigenvalue weighted by Crippen LogP contribution is 2.22. The first kappa shape index (κ1) is 20.9. The summed E-state index contributed by atoms with van der Waals surface area (Å²) in [7, 11) is 1.58. The number of carbonyl (C=O) groups excluding carboxylic acids is 2. The van der Waals surface area contributed by atoms with Gasteiger partial charge in [-0.3, -0.25) is 9.59 Å². The van der Waals surface area contributed by atoms with Gasteiger partial charge in [0.15, 0.2) is 0 Å². The largest absolute Gasteiger partial charge is 0.490 e. The number of amides is 2. The minimum atomic E-state index is -0.288. The molecule has 1 N–H and O–H groups in total. The summed E-state index contributed by atoms with van der Waals surface area (Å²) in [6.45, 7) is 3.24. The Morgan fingerprint density at radius 3 is 2.52 bits per heavy atom. The van der Waals surface area contributed by atoms with Gasteiger partial charge >= 0.3 is 0 Å². The lowest BCUT2D eigenvalue weighted by Gasteiger charge is -2.19. The zero-order valence-corrected chi connectivity index (χ0v) is 17.0. The second kappa shape index (κ2) is 10.7. The van der Waals surface area contributed by atoms with Gasteiger partial charge in [-0.25, -0.2) is 0 Å². The molecule has 2 aromatic carbocycles. The van der Waals surface area contributed by atoms with Crippen molar-refractivity contribution < 1.29 is 19.1 Å². The van der Waals surface area contributed by atoms with Crippen molar-refractivity contribution in [3.63, 3.8) is 0 Å². The van der Waals surface area contributed by atoms with Gasteiger partial charge in [0.25, 0.3) is 5.91 Å². The average molecular weight is 435 g/mol. The third kappa shape index (κ3) is 6.37. The quantitative estimate of drug-likeness (QED) is 0.612. The van der Waals surface area contributed by atoms with Crippen LogP contribution >= 0.6 is 15.9 Å². The highest BCUT2D eigenvalue weighted by molar-refractivity contribution is 9.10. The van der Waals surface area contributed by atoms with Crippen LogP contribution in [0.1, 0.15) is 17.3 Å². The fourth-order valence-electron chi connectivity index (χ4n) is 2.37. The van der Waals surface area contributed by atoms with Crippen LogP contribution in [0.3, 0.4) is 0 Å². The summed E-state index contributed by atoms with van der Waals surface area (Å²) in [6.07, 6.45) is 0. The van der Waals surface area contributed by atoms with Gasteiger partial charge in [0.05, 0.1) is 24.4 Å². The number of halogens is 1. The van der Waals surface area contributed by atoms with Crippen molar-refractivity contribution in [1.29, 1.82) is 0 Å². The van der Waals surface area contributed by atoms with E-state index in [2.05, 4.69) is 21.2 Å². The monoisotopic (exact) mass is 434 g/mol. The Morgan fingerprint density at radius 1 is 1.07 bits per heavy atom. The molecule has 0 aliphatic rings. The lowest BCUT2D eigenvalue weighted by atomic mass is 10.1. The summed E-state index contributed by atoms with van der Waals surface area (Å²) in [4.78, 5) is 26.4. The summed E-state index contributed by atoms with van der Waals surface area (Å²) < 4.78 is 11.7. The molecule has 7 heteroatoms. The molecule has 0 saturated carbocycles. The number of nitrogens with one attached hydrogen (secondary N) is 1. The fourth-order valence-corrected chi connectivity index (χ4v) is 2.75. The number of nitrogens with zero attached hydrogens (tertiary/aromatic N) is 1. The highest BCUT2D eigenvalue weighted by atomic mass is 79.9. The van der Waals surface area contributed by atoms with E-state index >= 15 is 0 Å². The van der Waals surface area contributed by atoms with Crippen LogP contribution in [0.4, 0.5) is 5.69 Å². The minimum Gasteiger partial charge on any atom is -0.490 e. The van der Waals surface area contributed by atoms with Gasteiger partial charge in [0.1, 0.15) is 12.4 Å². The molecule has 0 heterocycles. The first-order valence-electron chi connectivity index (χ1n) is 8.62. The minimum absolute atomic E-state index is 0.0759. The SMILES string of the molecule is CCOCCOc1ccccc1C(=O)N(C)CC(=O)Nc1ccccc1Br. The molecule has 0 bridgehead atoms. The maximum absolute atomic E-state index is 12.7. The summed E-state index contributed by atoms with van der Waals surface area (Å²) in [5.74, 6) is -0.1000. The van der Waals surface area contributed by atoms with Crippen LogP contribution in [0.2, 0.25) is 0 Å². The zero-order chi connectivity index (χ0) is 19.6. The Balaban J connectivity index is 1.98. The molecule has 0 unspecified atom stereocenters. The highest BCUT2D eigenvalue weighted by Gasteiger charge is 2.19. The summed E-state index contributed by atoms with van der Waals surface area (Å²) >= 11 is 3.38. The molecule has 0 atom stereocenters. The topological polar surface area (TPSA) is 67.9 Å². The van der Waals surface area contributed by atoms with Crippen LogP contribution in [-0.4, -0.2) is 50.1 Å². The molecule has 6 nitrogen and oxygen atoms in total. The Bertz CT molecular complexity index is 782. The molecule has 0 aliphatic heterocycles. The number of hydrogen-bond acceptors (Lipinski definition) is 4. The molecular formula is C20H23BrN2O4. The van der Waals surface area contributed by atoms with E-state index in [4.69, 9.17) is 9.47 Å². The van der Waals surface area contributed by atoms with E-state index in [1.807, 2.05) is 25.1 Å². The lowest BCUT2D eigenvalue weighted by molar-refractivity contribution is -0.116. The molecular weight excluding hydrogens is 412 g/mol. The van der Waals surface area contributed by atoms with Gasteiger partial charge in [-0.1, -0.05) is 24.3 Å². The third-order valence-corrected chi connectivity index (χ3v) is 4.37. The molecule has 0 spiro atoms. The number of benzene rings is 2. The normalized spacial score (nSPS) is 10.3. The smallest absolute Gasteiger partial charge is 0.257 e. The van der Waals surface area contributed by atoms with Gasteiger partial charge in [0, 0.05) is 18.1 Å². The number of anilines is 1. The predicted molar refractivity (Wildman–Crippen MR) is 108 cm³/mol. The molecule has 2 rings (SSSR count). The van der Waals surface area contributed by atoms with Gasteiger partial charge in [-0.2, -0.15) is 0 Å². The van der Waals surface area contributed by atoms with Crippen molar-refractivity contribution in [2.45, 2.75) is 6.92 Å². The van der Waals surface area contributed by atoms with E-state index in [0.29, 0.717) is 36.8 Å². The van der Waals surface area contributed by atoms with E-state index in [9.17, 15) is 9.59 Å². The van der Waals surface area contributed by atoms with Crippen LogP contribution in [-0.2, 0) is 9.53 Å². The Kier molecular flexibility index (Phi) is 8.29. The second-order valence-corrected chi connectivity index (χ2v) is 6.59. The van der Waals surface area contributed by atoms with Crippen LogP contribution in [0.5, 0.6) is 5.75 Å².